The zero-order chi connectivity index (χ0) is 16.1. The Labute approximate surface area is 129 Å². The van der Waals surface area contributed by atoms with Crippen molar-refractivity contribution in [3.8, 4) is 0 Å². The van der Waals surface area contributed by atoms with E-state index in [2.05, 4.69) is 28.0 Å². The maximum absolute atomic E-state index is 11.7. The summed E-state index contributed by atoms with van der Waals surface area (Å²) in [7, 11) is 3.93. The van der Waals surface area contributed by atoms with E-state index >= 15 is 0 Å². The van der Waals surface area contributed by atoms with Gasteiger partial charge >= 0.3 is 0 Å². The maximum atomic E-state index is 11.7. The van der Waals surface area contributed by atoms with Crippen molar-refractivity contribution in [3.63, 3.8) is 0 Å². The minimum Gasteiger partial charge on any atom is -0.378 e. The van der Waals surface area contributed by atoms with Gasteiger partial charge in [-0.05, 0) is 17.7 Å². The Morgan fingerprint density at radius 1 is 1.36 bits per heavy atom. The highest BCUT2D eigenvalue weighted by molar-refractivity contribution is 5.90. The molecule has 1 atom stereocenters. The predicted octanol–water partition coefficient (Wildman–Crippen LogP) is 0.357. The number of hydrogen-bond donors (Lipinski definition) is 3. The number of carbonyl (C=O) groups is 2. The predicted molar refractivity (Wildman–Crippen MR) is 85.0 cm³/mol. The number of amides is 2. The van der Waals surface area contributed by atoms with Crippen LogP contribution in [0.25, 0.3) is 0 Å². The maximum Gasteiger partial charge on any atom is 0.247 e. The first-order chi connectivity index (χ1) is 10.5. The van der Waals surface area contributed by atoms with Crippen molar-refractivity contribution in [1.82, 2.24) is 16.3 Å². The van der Waals surface area contributed by atoms with Gasteiger partial charge in [-0.1, -0.05) is 18.7 Å². The van der Waals surface area contributed by atoms with Crippen LogP contribution < -0.4 is 21.2 Å². The second kappa shape index (κ2) is 6.75. The first-order valence-corrected chi connectivity index (χ1v) is 6.81. The molecule has 0 aromatic heterocycles. The molecular weight excluding hydrogens is 282 g/mol. The molecule has 1 aliphatic rings. The molecule has 116 valence electrons. The Morgan fingerprint density at radius 2 is 2.05 bits per heavy atom. The van der Waals surface area contributed by atoms with Gasteiger partial charge < -0.3 is 10.3 Å². The van der Waals surface area contributed by atoms with Crippen molar-refractivity contribution in [2.75, 3.05) is 19.0 Å². The van der Waals surface area contributed by atoms with Gasteiger partial charge in [-0.15, -0.1) is 0 Å². The molecule has 1 heterocycles. The summed E-state index contributed by atoms with van der Waals surface area (Å²) in [5, 5.41) is 3.89. The van der Waals surface area contributed by atoms with Crippen LogP contribution in [0.15, 0.2) is 41.6 Å². The Morgan fingerprint density at radius 3 is 2.59 bits per heavy atom. The highest BCUT2D eigenvalue weighted by Gasteiger charge is 2.29. The van der Waals surface area contributed by atoms with Gasteiger partial charge in [-0.3, -0.25) is 15.0 Å². The van der Waals surface area contributed by atoms with E-state index in [4.69, 9.17) is 0 Å². The van der Waals surface area contributed by atoms with Crippen LogP contribution in [0.1, 0.15) is 12.0 Å². The minimum atomic E-state index is -0.561. The quantitative estimate of drug-likeness (QED) is 0.541. The van der Waals surface area contributed by atoms with E-state index in [1.165, 1.54) is 0 Å². The number of carbonyl (C=O) groups excluding carboxylic acids is 2. The van der Waals surface area contributed by atoms with E-state index in [-0.39, 0.29) is 18.2 Å². The molecule has 7 heteroatoms. The second-order valence-corrected chi connectivity index (χ2v) is 5.18. The van der Waals surface area contributed by atoms with Crippen LogP contribution in [0.3, 0.4) is 0 Å². The van der Waals surface area contributed by atoms with Gasteiger partial charge in [0.25, 0.3) is 0 Å². The van der Waals surface area contributed by atoms with E-state index in [1.807, 2.05) is 43.3 Å². The van der Waals surface area contributed by atoms with Gasteiger partial charge in [0, 0.05) is 31.9 Å². The van der Waals surface area contributed by atoms with E-state index < -0.39 is 5.92 Å². The Bertz CT molecular complexity index is 591. The molecule has 1 aromatic rings. The fraction of sp³-hybridized carbons (Fsp3) is 0.267. The fourth-order valence-electron chi connectivity index (χ4n) is 1.96. The van der Waals surface area contributed by atoms with Gasteiger partial charge in [0.1, 0.15) is 0 Å². The van der Waals surface area contributed by atoms with Crippen molar-refractivity contribution in [1.29, 1.82) is 0 Å². The number of nitrogens with one attached hydrogen (secondary N) is 3. The molecule has 3 N–H and O–H groups in total. The molecule has 1 fully saturated rings. The molecule has 1 aliphatic heterocycles. The number of rotatable bonds is 5. The molecule has 7 nitrogen and oxygen atoms in total. The van der Waals surface area contributed by atoms with Gasteiger partial charge in [0.2, 0.25) is 11.8 Å². The van der Waals surface area contributed by atoms with Crippen molar-refractivity contribution < 1.29 is 9.59 Å². The summed E-state index contributed by atoms with van der Waals surface area (Å²) in [5.74, 6) is -1.16. The highest BCUT2D eigenvalue weighted by atomic mass is 16.2. The third-order valence-electron chi connectivity index (χ3n) is 3.29. The van der Waals surface area contributed by atoms with Crippen LogP contribution in [0, 0.1) is 5.92 Å². The second-order valence-electron chi connectivity index (χ2n) is 5.18. The number of nitrogens with zero attached hydrogens (tertiary/aromatic N) is 2. The van der Waals surface area contributed by atoms with Crippen molar-refractivity contribution >= 4 is 23.7 Å². The van der Waals surface area contributed by atoms with Gasteiger partial charge in [-0.2, -0.15) is 5.10 Å². The van der Waals surface area contributed by atoms with Crippen LogP contribution in [-0.4, -0.2) is 32.1 Å². The Hall–Kier alpha value is -2.83. The van der Waals surface area contributed by atoms with Crippen LogP contribution in [0.2, 0.25) is 0 Å². The minimum absolute atomic E-state index is 0.00851. The number of hydrogen-bond acceptors (Lipinski definition) is 5. The van der Waals surface area contributed by atoms with Gasteiger partial charge in [0.15, 0.2) is 0 Å². The standard InChI is InChI=1S/C15H19N5O2/c1-10-13(15(22)19-17-10)8-14(21)18-16-9-11-4-6-12(7-5-11)20(2)3/h4-7,9,13,17H,1,8H2,2-3H3,(H,18,21)(H,19,22). The lowest BCUT2D eigenvalue weighted by atomic mass is 10.0. The Balaban J connectivity index is 1.85. The van der Waals surface area contributed by atoms with Crippen molar-refractivity contribution in [3.05, 3.63) is 42.1 Å². The van der Waals surface area contributed by atoms with Crippen LogP contribution >= 0.6 is 0 Å². The van der Waals surface area contributed by atoms with Gasteiger partial charge in [0.05, 0.1) is 12.1 Å². The molecule has 0 bridgehead atoms. The Kier molecular flexibility index (Phi) is 4.77. The lowest BCUT2D eigenvalue weighted by Gasteiger charge is -2.11. The number of anilines is 1. The topological polar surface area (TPSA) is 85.8 Å². The van der Waals surface area contributed by atoms with E-state index in [0.29, 0.717) is 5.70 Å². The summed E-state index contributed by atoms with van der Waals surface area (Å²) in [6.07, 6.45) is 1.56. The highest BCUT2D eigenvalue weighted by Crippen LogP contribution is 2.15. The average Bonchev–Trinajstić information content (AvgIpc) is 2.79. The number of benzene rings is 1. The summed E-state index contributed by atoms with van der Waals surface area (Å²) in [5.41, 5.74) is 9.87. The molecule has 1 unspecified atom stereocenters. The largest absolute Gasteiger partial charge is 0.378 e. The molecule has 22 heavy (non-hydrogen) atoms. The zero-order valence-corrected chi connectivity index (χ0v) is 12.6. The molecule has 0 spiro atoms. The monoisotopic (exact) mass is 301 g/mol. The average molecular weight is 301 g/mol. The first kappa shape index (κ1) is 15.6. The fourth-order valence-corrected chi connectivity index (χ4v) is 1.96. The number of hydrazine groups is 1. The van der Waals surface area contributed by atoms with E-state index in [0.717, 1.165) is 11.3 Å². The molecule has 0 aliphatic carbocycles. The summed E-state index contributed by atoms with van der Waals surface area (Å²) >= 11 is 0. The van der Waals surface area contributed by atoms with Gasteiger partial charge in [-0.25, -0.2) is 5.43 Å². The normalized spacial score (nSPS) is 17.3. The van der Waals surface area contributed by atoms with Crippen LogP contribution in [-0.2, 0) is 9.59 Å². The molecule has 0 saturated carbocycles. The van der Waals surface area contributed by atoms with Crippen LogP contribution in [0.5, 0.6) is 0 Å². The number of hydrazone groups is 1. The van der Waals surface area contributed by atoms with Crippen LogP contribution in [0.4, 0.5) is 5.69 Å². The third kappa shape index (κ3) is 3.85. The van der Waals surface area contributed by atoms with E-state index in [1.54, 1.807) is 6.21 Å². The summed E-state index contributed by atoms with van der Waals surface area (Å²) in [6.45, 7) is 3.67. The lowest BCUT2D eigenvalue weighted by Crippen LogP contribution is -2.27. The third-order valence-corrected chi connectivity index (χ3v) is 3.29. The SMILES string of the molecule is C=C1NNC(=O)C1CC(=O)NN=Cc1ccc(N(C)C)cc1. The summed E-state index contributed by atoms with van der Waals surface area (Å²) in [6, 6.07) is 7.73. The molecule has 1 saturated heterocycles. The van der Waals surface area contributed by atoms with Crippen molar-refractivity contribution in [2.45, 2.75) is 6.42 Å². The molecular formula is C15H19N5O2. The summed E-state index contributed by atoms with van der Waals surface area (Å²) in [4.78, 5) is 25.2. The molecule has 1 aromatic carbocycles. The summed E-state index contributed by atoms with van der Waals surface area (Å²) < 4.78 is 0. The molecule has 2 amide bonds. The zero-order valence-electron chi connectivity index (χ0n) is 12.6. The first-order valence-electron chi connectivity index (χ1n) is 6.81. The molecule has 2 rings (SSSR count). The van der Waals surface area contributed by atoms with Crippen molar-refractivity contribution in [2.24, 2.45) is 11.0 Å². The smallest absolute Gasteiger partial charge is 0.247 e. The molecule has 0 radical (unpaired) electrons. The van der Waals surface area contributed by atoms with E-state index in [9.17, 15) is 9.59 Å². The lowest BCUT2D eigenvalue weighted by molar-refractivity contribution is -0.127.